The molecule has 126 valence electrons. The average Bonchev–Trinajstić information content (AvgIpc) is 2.90. The van der Waals surface area contributed by atoms with Crippen molar-refractivity contribution in [3.8, 4) is 0 Å². The van der Waals surface area contributed by atoms with Crippen molar-refractivity contribution < 1.29 is 9.90 Å². The van der Waals surface area contributed by atoms with Crippen molar-refractivity contribution in [1.82, 2.24) is 4.90 Å². The van der Waals surface area contributed by atoms with Crippen LogP contribution >= 0.6 is 11.8 Å². The summed E-state index contributed by atoms with van der Waals surface area (Å²) in [5, 5.41) is 10.6. The summed E-state index contributed by atoms with van der Waals surface area (Å²) >= 11 is 1.98. The molecule has 2 heterocycles. The second kappa shape index (κ2) is 7.24. The van der Waals surface area contributed by atoms with E-state index in [0.717, 1.165) is 42.3 Å². The number of aliphatic hydroxyl groups is 1. The number of hydrogen-bond donors (Lipinski definition) is 1. The van der Waals surface area contributed by atoms with Gasteiger partial charge in [0.15, 0.2) is 0 Å². The zero-order chi connectivity index (χ0) is 16.4. The molecule has 2 aliphatic rings. The molecule has 0 bridgehead atoms. The summed E-state index contributed by atoms with van der Waals surface area (Å²) < 4.78 is 0. The Kier molecular flexibility index (Phi) is 5.29. The van der Waals surface area contributed by atoms with E-state index in [-0.39, 0.29) is 11.9 Å². The first-order valence-corrected chi connectivity index (χ1v) is 9.68. The van der Waals surface area contributed by atoms with Crippen LogP contribution < -0.4 is 4.90 Å². The quantitative estimate of drug-likeness (QED) is 0.919. The third kappa shape index (κ3) is 3.57. The van der Waals surface area contributed by atoms with Crippen molar-refractivity contribution in [2.45, 2.75) is 38.8 Å². The van der Waals surface area contributed by atoms with E-state index in [4.69, 9.17) is 0 Å². The number of benzene rings is 1. The molecule has 2 aliphatic heterocycles. The second-order valence-corrected chi connectivity index (χ2v) is 7.71. The zero-order valence-corrected chi connectivity index (χ0v) is 14.8. The van der Waals surface area contributed by atoms with Gasteiger partial charge in [-0.1, -0.05) is 19.1 Å². The number of aliphatic hydroxyl groups excluding tert-OH is 1. The van der Waals surface area contributed by atoms with Crippen LogP contribution in [0.1, 0.15) is 37.5 Å². The highest BCUT2D eigenvalue weighted by atomic mass is 32.2. The van der Waals surface area contributed by atoms with Gasteiger partial charge in [-0.25, -0.2) is 0 Å². The Morgan fingerprint density at radius 1 is 1.39 bits per heavy atom. The molecule has 0 aromatic heterocycles. The lowest BCUT2D eigenvalue weighted by Gasteiger charge is -2.28. The van der Waals surface area contributed by atoms with Gasteiger partial charge < -0.3 is 10.0 Å². The number of carbonyl (C=O) groups excluding carboxylic acids is 1. The van der Waals surface area contributed by atoms with E-state index < -0.39 is 6.10 Å². The Labute approximate surface area is 142 Å². The highest BCUT2D eigenvalue weighted by Crippen LogP contribution is 2.34. The van der Waals surface area contributed by atoms with E-state index in [2.05, 4.69) is 17.9 Å². The van der Waals surface area contributed by atoms with Crippen LogP contribution in [-0.4, -0.2) is 53.1 Å². The van der Waals surface area contributed by atoms with Gasteiger partial charge in [-0.15, -0.1) is 0 Å². The fraction of sp³-hybridized carbons (Fsp3) is 0.611. The van der Waals surface area contributed by atoms with Gasteiger partial charge in [0.1, 0.15) is 0 Å². The van der Waals surface area contributed by atoms with Crippen molar-refractivity contribution in [3.05, 3.63) is 29.3 Å². The van der Waals surface area contributed by atoms with Crippen molar-refractivity contribution >= 4 is 23.4 Å². The maximum absolute atomic E-state index is 12.1. The molecule has 0 saturated carbocycles. The molecule has 0 radical (unpaired) electrons. The molecule has 0 unspecified atom stereocenters. The number of carbonyl (C=O) groups is 1. The van der Waals surface area contributed by atoms with Crippen LogP contribution in [0.2, 0.25) is 0 Å². The van der Waals surface area contributed by atoms with Gasteiger partial charge in [0.25, 0.3) is 0 Å². The molecule has 3 rings (SSSR count). The Bertz CT molecular complexity index is 572. The Hall–Kier alpha value is -1.04. The lowest BCUT2D eigenvalue weighted by Crippen LogP contribution is -2.35. The van der Waals surface area contributed by atoms with Gasteiger partial charge in [0.2, 0.25) is 5.91 Å². The van der Waals surface area contributed by atoms with E-state index in [1.807, 2.05) is 35.7 Å². The van der Waals surface area contributed by atoms with Crippen LogP contribution in [0.25, 0.3) is 0 Å². The number of nitrogens with zero attached hydrogens (tertiary/aromatic N) is 2. The van der Waals surface area contributed by atoms with E-state index >= 15 is 0 Å². The van der Waals surface area contributed by atoms with Crippen LogP contribution in [0.4, 0.5) is 5.69 Å². The lowest BCUT2D eigenvalue weighted by atomic mass is 10.0. The van der Waals surface area contributed by atoms with Crippen LogP contribution in [0, 0.1) is 0 Å². The fourth-order valence-corrected chi connectivity index (χ4v) is 4.52. The first kappa shape index (κ1) is 16.8. The molecule has 0 aliphatic carbocycles. The monoisotopic (exact) mass is 334 g/mol. The molecule has 0 spiro atoms. The summed E-state index contributed by atoms with van der Waals surface area (Å²) in [6, 6.07) is 6.30. The van der Waals surface area contributed by atoms with Gasteiger partial charge in [-0.2, -0.15) is 11.8 Å². The predicted octanol–water partition coefficient (Wildman–Crippen LogP) is 2.46. The van der Waals surface area contributed by atoms with Crippen molar-refractivity contribution in [2.24, 2.45) is 0 Å². The number of thioether (sulfide) groups is 1. The van der Waals surface area contributed by atoms with Gasteiger partial charge in [0, 0.05) is 49.3 Å². The number of anilines is 1. The third-order valence-electron chi connectivity index (χ3n) is 4.81. The van der Waals surface area contributed by atoms with Crippen LogP contribution in [0.5, 0.6) is 0 Å². The molecule has 1 aromatic carbocycles. The minimum Gasteiger partial charge on any atom is -0.387 e. The third-order valence-corrected chi connectivity index (χ3v) is 5.75. The second-order valence-electron chi connectivity index (χ2n) is 6.49. The normalized spacial score (nSPS) is 22.9. The van der Waals surface area contributed by atoms with Gasteiger partial charge >= 0.3 is 0 Å². The van der Waals surface area contributed by atoms with Crippen molar-refractivity contribution in [3.63, 3.8) is 0 Å². The molecule has 1 N–H and O–H groups in total. The van der Waals surface area contributed by atoms with Gasteiger partial charge in [-0.05, 0) is 30.5 Å². The highest BCUT2D eigenvalue weighted by molar-refractivity contribution is 7.99. The number of rotatable bonds is 4. The van der Waals surface area contributed by atoms with E-state index in [1.54, 1.807) is 0 Å². The molecule has 5 heteroatoms. The molecule has 1 fully saturated rings. The van der Waals surface area contributed by atoms with Gasteiger partial charge in [-0.3, -0.25) is 9.69 Å². The minimum absolute atomic E-state index is 0.176. The minimum atomic E-state index is -0.449. The highest BCUT2D eigenvalue weighted by Gasteiger charge is 2.30. The van der Waals surface area contributed by atoms with Gasteiger partial charge in [0.05, 0.1) is 6.10 Å². The number of hydrogen-bond acceptors (Lipinski definition) is 4. The smallest absolute Gasteiger partial charge is 0.226 e. The Morgan fingerprint density at radius 2 is 2.13 bits per heavy atom. The SMILES string of the molecule is CCC(=O)N1c2ccc([C@@H](O)CN3CCSCC3)cc2C[C@@H]1C. The summed E-state index contributed by atoms with van der Waals surface area (Å²) in [6.07, 6.45) is 0.956. The Balaban J connectivity index is 1.73. The molecule has 1 aromatic rings. The summed E-state index contributed by atoms with van der Waals surface area (Å²) in [5.41, 5.74) is 3.18. The summed E-state index contributed by atoms with van der Waals surface area (Å²) in [6.45, 7) is 6.81. The topological polar surface area (TPSA) is 43.8 Å². The standard InChI is InChI=1S/C18H26N2O2S/c1-3-18(22)20-13(2)10-15-11-14(4-5-16(15)20)17(21)12-19-6-8-23-9-7-19/h4-5,11,13,17,21H,3,6-10,12H2,1-2H3/t13-,17-/m0/s1. The van der Waals surface area contributed by atoms with Crippen LogP contribution in [0.15, 0.2) is 18.2 Å². The molecular weight excluding hydrogens is 308 g/mol. The van der Waals surface area contributed by atoms with Crippen molar-refractivity contribution in [1.29, 1.82) is 0 Å². The molecule has 4 nitrogen and oxygen atoms in total. The van der Waals surface area contributed by atoms with E-state index in [0.29, 0.717) is 13.0 Å². The average molecular weight is 334 g/mol. The van der Waals surface area contributed by atoms with E-state index in [9.17, 15) is 9.90 Å². The Morgan fingerprint density at radius 3 is 2.83 bits per heavy atom. The lowest BCUT2D eigenvalue weighted by molar-refractivity contribution is -0.118. The molecule has 1 amide bonds. The molecule has 2 atom stereocenters. The maximum Gasteiger partial charge on any atom is 0.226 e. The van der Waals surface area contributed by atoms with Crippen LogP contribution in [0.3, 0.4) is 0 Å². The van der Waals surface area contributed by atoms with Crippen molar-refractivity contribution in [2.75, 3.05) is 36.0 Å². The zero-order valence-electron chi connectivity index (χ0n) is 14.0. The van der Waals surface area contributed by atoms with Crippen LogP contribution in [-0.2, 0) is 11.2 Å². The summed E-state index contributed by atoms with van der Waals surface area (Å²) in [4.78, 5) is 16.4. The summed E-state index contributed by atoms with van der Waals surface area (Å²) in [5.74, 6) is 2.49. The fourth-order valence-electron chi connectivity index (χ4n) is 3.54. The molecular formula is C18H26N2O2S. The first-order chi connectivity index (χ1) is 11.1. The van der Waals surface area contributed by atoms with E-state index in [1.165, 1.54) is 5.56 Å². The maximum atomic E-state index is 12.1. The first-order valence-electron chi connectivity index (χ1n) is 8.53. The predicted molar refractivity (Wildman–Crippen MR) is 96.1 cm³/mol. The summed E-state index contributed by atoms with van der Waals surface area (Å²) in [7, 11) is 0. The molecule has 1 saturated heterocycles. The number of β-amino-alcohol motifs (C(OH)–C–C–N with tert-alkyl or cyclic N) is 1. The molecule has 23 heavy (non-hydrogen) atoms. The largest absolute Gasteiger partial charge is 0.387 e. The number of fused-ring (bicyclic) bond motifs is 1. The number of amides is 1.